The first-order valence-corrected chi connectivity index (χ1v) is 10.2. The zero-order chi connectivity index (χ0) is 18.5. The van der Waals surface area contributed by atoms with Crippen molar-refractivity contribution in [1.82, 2.24) is 9.88 Å². The fraction of sp³-hybridized carbons (Fsp3) is 0.333. The van der Waals surface area contributed by atoms with E-state index in [1.165, 1.54) is 24.2 Å². The first-order chi connectivity index (χ1) is 13.3. The van der Waals surface area contributed by atoms with Gasteiger partial charge in [-0.05, 0) is 38.1 Å². The van der Waals surface area contributed by atoms with Crippen molar-refractivity contribution in [3.05, 3.63) is 59.3 Å². The summed E-state index contributed by atoms with van der Waals surface area (Å²) in [6.07, 6.45) is 3.49. The molecule has 1 amide bonds. The molecule has 0 radical (unpaired) electrons. The molecule has 4 rings (SSSR count). The van der Waals surface area contributed by atoms with Crippen molar-refractivity contribution in [3.8, 4) is 11.3 Å². The van der Waals surface area contributed by atoms with Gasteiger partial charge in [0, 0.05) is 30.3 Å². The zero-order valence-electron chi connectivity index (χ0n) is 15.2. The van der Waals surface area contributed by atoms with Crippen LogP contribution in [0.5, 0.6) is 0 Å². The number of nitrogens with zero attached hydrogens (tertiary/aromatic N) is 2. The molecule has 3 aromatic rings. The Balaban J connectivity index is 1.26. The first kappa shape index (κ1) is 17.9. The van der Waals surface area contributed by atoms with Crippen LogP contribution in [0, 0.1) is 0 Å². The molecule has 1 fully saturated rings. The van der Waals surface area contributed by atoms with Crippen molar-refractivity contribution in [2.24, 2.45) is 0 Å². The van der Waals surface area contributed by atoms with E-state index in [2.05, 4.69) is 15.2 Å². The molecule has 1 N–H and O–H groups in total. The molecule has 2 aromatic heterocycles. The Labute approximate surface area is 163 Å². The second kappa shape index (κ2) is 8.50. The molecule has 1 aromatic carbocycles. The number of hydrogen-bond acceptors (Lipinski definition) is 5. The molecule has 0 unspecified atom stereocenters. The predicted molar refractivity (Wildman–Crippen MR) is 108 cm³/mol. The Morgan fingerprint density at radius 3 is 2.78 bits per heavy atom. The molecule has 1 aliphatic rings. The first-order valence-electron chi connectivity index (χ1n) is 9.37. The van der Waals surface area contributed by atoms with Gasteiger partial charge in [-0.3, -0.25) is 9.69 Å². The molecule has 0 aliphatic carbocycles. The number of nitrogens with one attached hydrogen (secondary N) is 1. The number of carbonyl (C=O) groups is 1. The Morgan fingerprint density at radius 2 is 1.96 bits per heavy atom. The molecule has 140 valence electrons. The molecule has 0 atom stereocenters. The van der Waals surface area contributed by atoms with E-state index >= 15 is 0 Å². The lowest BCUT2D eigenvalue weighted by Gasteiger charge is -2.11. The second-order valence-electron chi connectivity index (χ2n) is 6.81. The molecule has 1 saturated heterocycles. The van der Waals surface area contributed by atoms with Crippen molar-refractivity contribution < 1.29 is 9.21 Å². The highest BCUT2D eigenvalue weighted by molar-refractivity contribution is 7.13. The van der Waals surface area contributed by atoms with Crippen molar-refractivity contribution in [2.75, 3.05) is 18.4 Å². The lowest BCUT2D eigenvalue weighted by atomic mass is 10.2. The van der Waals surface area contributed by atoms with Crippen molar-refractivity contribution in [1.29, 1.82) is 0 Å². The number of likely N-dealkylation sites (tertiary alicyclic amines) is 1. The SMILES string of the molecule is O=C(CCc1ccc(-c2ccccc2)o1)Nc1nc(CN2CCCC2)cs1. The van der Waals surface area contributed by atoms with Crippen LogP contribution >= 0.6 is 11.3 Å². The van der Waals surface area contributed by atoms with Gasteiger partial charge in [0.1, 0.15) is 11.5 Å². The minimum absolute atomic E-state index is 0.0327. The van der Waals surface area contributed by atoms with Gasteiger partial charge >= 0.3 is 0 Å². The third-order valence-corrected chi connectivity index (χ3v) is 5.51. The number of hydrogen-bond donors (Lipinski definition) is 1. The van der Waals surface area contributed by atoms with Gasteiger partial charge in [0.25, 0.3) is 0 Å². The Morgan fingerprint density at radius 1 is 1.15 bits per heavy atom. The fourth-order valence-corrected chi connectivity index (χ4v) is 4.01. The number of carbonyl (C=O) groups excluding carboxylic acids is 1. The summed E-state index contributed by atoms with van der Waals surface area (Å²) < 4.78 is 5.85. The molecule has 27 heavy (non-hydrogen) atoms. The average molecular weight is 382 g/mol. The van der Waals surface area contributed by atoms with Crippen LogP contribution in [0.4, 0.5) is 5.13 Å². The number of rotatable bonds is 7. The van der Waals surface area contributed by atoms with Crippen LogP contribution in [0.1, 0.15) is 30.7 Å². The van der Waals surface area contributed by atoms with E-state index in [1.807, 2.05) is 47.8 Å². The number of benzene rings is 1. The van der Waals surface area contributed by atoms with Gasteiger partial charge in [-0.25, -0.2) is 4.98 Å². The van der Waals surface area contributed by atoms with Crippen molar-refractivity contribution in [2.45, 2.75) is 32.2 Å². The summed E-state index contributed by atoms with van der Waals surface area (Å²) in [5.74, 6) is 1.62. The zero-order valence-corrected chi connectivity index (χ0v) is 16.0. The lowest BCUT2D eigenvalue weighted by Crippen LogP contribution is -2.18. The third-order valence-electron chi connectivity index (χ3n) is 4.70. The van der Waals surface area contributed by atoms with E-state index in [9.17, 15) is 4.79 Å². The van der Waals surface area contributed by atoms with Crippen molar-refractivity contribution >= 4 is 22.4 Å². The van der Waals surface area contributed by atoms with Gasteiger partial charge in [0.15, 0.2) is 5.13 Å². The highest BCUT2D eigenvalue weighted by atomic mass is 32.1. The normalized spacial score (nSPS) is 14.5. The fourth-order valence-electron chi connectivity index (χ4n) is 3.30. The highest BCUT2D eigenvalue weighted by Gasteiger charge is 2.14. The minimum atomic E-state index is -0.0327. The lowest BCUT2D eigenvalue weighted by molar-refractivity contribution is -0.116. The Kier molecular flexibility index (Phi) is 5.65. The minimum Gasteiger partial charge on any atom is -0.461 e. The largest absolute Gasteiger partial charge is 0.461 e. The van der Waals surface area contributed by atoms with Crippen LogP contribution in [0.15, 0.2) is 52.3 Å². The monoisotopic (exact) mass is 381 g/mol. The number of aryl methyl sites for hydroxylation is 1. The van der Waals surface area contributed by atoms with Crippen LogP contribution in [-0.4, -0.2) is 28.9 Å². The summed E-state index contributed by atoms with van der Waals surface area (Å²) in [5.41, 5.74) is 2.08. The van der Waals surface area contributed by atoms with Gasteiger partial charge in [-0.2, -0.15) is 0 Å². The van der Waals surface area contributed by atoms with Gasteiger partial charge < -0.3 is 9.73 Å². The molecule has 6 heteroatoms. The maximum Gasteiger partial charge on any atom is 0.226 e. The average Bonchev–Trinajstić information content (AvgIpc) is 3.44. The van der Waals surface area contributed by atoms with E-state index in [0.29, 0.717) is 18.0 Å². The van der Waals surface area contributed by atoms with Crippen LogP contribution < -0.4 is 5.32 Å². The van der Waals surface area contributed by atoms with Crippen LogP contribution in [0.3, 0.4) is 0 Å². The number of furan rings is 1. The third kappa shape index (κ3) is 4.84. The summed E-state index contributed by atoms with van der Waals surface area (Å²) in [7, 11) is 0. The van der Waals surface area contributed by atoms with Gasteiger partial charge in [0.2, 0.25) is 5.91 Å². The summed E-state index contributed by atoms with van der Waals surface area (Å²) in [4.78, 5) is 19.2. The predicted octanol–water partition coefficient (Wildman–Crippen LogP) is 4.57. The summed E-state index contributed by atoms with van der Waals surface area (Å²) in [6, 6.07) is 13.9. The van der Waals surface area contributed by atoms with Crippen LogP contribution in [0.2, 0.25) is 0 Å². The molecular weight excluding hydrogens is 358 g/mol. The molecule has 3 heterocycles. The smallest absolute Gasteiger partial charge is 0.226 e. The standard InChI is InChI=1S/C21H23N3O2S/c25-20(23-21-22-17(15-27-21)14-24-12-4-5-13-24)11-9-18-8-10-19(26-18)16-6-2-1-3-7-16/h1-3,6-8,10,15H,4-5,9,11-14H2,(H,22,23,25). The van der Waals surface area contributed by atoms with Gasteiger partial charge in [-0.1, -0.05) is 30.3 Å². The number of aromatic nitrogens is 1. The molecule has 5 nitrogen and oxygen atoms in total. The summed E-state index contributed by atoms with van der Waals surface area (Å²) in [6.45, 7) is 3.17. The van der Waals surface area contributed by atoms with E-state index in [1.54, 1.807) is 0 Å². The topological polar surface area (TPSA) is 58.4 Å². The van der Waals surface area contributed by atoms with Crippen molar-refractivity contribution in [3.63, 3.8) is 0 Å². The van der Waals surface area contributed by atoms with Gasteiger partial charge in [-0.15, -0.1) is 11.3 Å². The molecular formula is C21H23N3O2S. The Hall–Kier alpha value is -2.44. The van der Waals surface area contributed by atoms with Gasteiger partial charge in [0.05, 0.1) is 5.69 Å². The number of thiazole rings is 1. The molecule has 0 bridgehead atoms. The number of amides is 1. The van der Waals surface area contributed by atoms with E-state index in [4.69, 9.17) is 4.42 Å². The molecule has 1 aliphatic heterocycles. The van der Waals surface area contributed by atoms with Crippen LogP contribution in [0.25, 0.3) is 11.3 Å². The maximum atomic E-state index is 12.2. The molecule has 0 spiro atoms. The molecule has 0 saturated carbocycles. The van der Waals surface area contributed by atoms with E-state index in [-0.39, 0.29) is 5.91 Å². The number of anilines is 1. The van der Waals surface area contributed by atoms with E-state index in [0.717, 1.165) is 42.4 Å². The Bertz CT molecular complexity index is 882. The summed E-state index contributed by atoms with van der Waals surface area (Å²) in [5, 5.41) is 5.62. The summed E-state index contributed by atoms with van der Waals surface area (Å²) >= 11 is 1.49. The van der Waals surface area contributed by atoms with E-state index < -0.39 is 0 Å². The quantitative estimate of drug-likeness (QED) is 0.651. The maximum absolute atomic E-state index is 12.2. The highest BCUT2D eigenvalue weighted by Crippen LogP contribution is 2.23. The van der Waals surface area contributed by atoms with Crippen LogP contribution in [-0.2, 0) is 17.8 Å². The second-order valence-corrected chi connectivity index (χ2v) is 7.67.